The van der Waals surface area contributed by atoms with E-state index in [1.807, 2.05) is 25.3 Å². The van der Waals surface area contributed by atoms with Crippen molar-refractivity contribution in [2.75, 3.05) is 26.9 Å². The summed E-state index contributed by atoms with van der Waals surface area (Å²) in [5.74, 6) is 0.926. The predicted octanol–water partition coefficient (Wildman–Crippen LogP) is 2.68. The van der Waals surface area contributed by atoms with Crippen LogP contribution in [0.1, 0.15) is 49.9 Å². The minimum atomic E-state index is -1.13. The number of phenolic OH excluding ortho intramolecular Hbond substituents is 2. The molecule has 2 aromatic rings. The molecule has 3 saturated heterocycles. The van der Waals surface area contributed by atoms with Crippen molar-refractivity contribution in [1.29, 1.82) is 0 Å². The molecule has 2 aromatic carbocycles. The van der Waals surface area contributed by atoms with Gasteiger partial charge < -0.3 is 29.5 Å². The van der Waals surface area contributed by atoms with Crippen molar-refractivity contribution in [3.8, 4) is 23.0 Å². The van der Waals surface area contributed by atoms with Crippen molar-refractivity contribution in [1.82, 2.24) is 9.80 Å². The van der Waals surface area contributed by atoms with Crippen LogP contribution in [0.3, 0.4) is 0 Å². The fourth-order valence-electron chi connectivity index (χ4n) is 10.7. The summed E-state index contributed by atoms with van der Waals surface area (Å²) >= 11 is 0. The van der Waals surface area contributed by atoms with Gasteiger partial charge in [0.2, 0.25) is 0 Å². The molecule has 4 aliphatic carbocycles. The Kier molecular flexibility index (Phi) is 5.81. The number of benzene rings is 2. The van der Waals surface area contributed by atoms with Gasteiger partial charge in [0.15, 0.2) is 46.8 Å². The lowest BCUT2D eigenvalue weighted by atomic mass is 9.51. The molecule has 0 saturated carbocycles. The van der Waals surface area contributed by atoms with E-state index in [1.54, 1.807) is 24.3 Å². The number of likely N-dealkylation sites (tertiary alicyclic amines) is 1. The van der Waals surface area contributed by atoms with Crippen LogP contribution in [-0.2, 0) is 38.0 Å². The monoisotopic (exact) mass is 628 g/mol. The second kappa shape index (κ2) is 9.01. The van der Waals surface area contributed by atoms with Crippen LogP contribution in [-0.4, -0.2) is 99.0 Å². The molecular formula is C36H40N2O8. The Morgan fingerprint density at radius 2 is 1.35 bits per heavy atom. The molecule has 0 amide bonds. The third kappa shape index (κ3) is 2.91. The molecule has 3 fully saturated rings. The van der Waals surface area contributed by atoms with Gasteiger partial charge in [0, 0.05) is 29.8 Å². The van der Waals surface area contributed by atoms with E-state index in [2.05, 4.69) is 9.80 Å². The average Bonchev–Trinajstić information content (AvgIpc) is 3.63. The van der Waals surface area contributed by atoms with Crippen LogP contribution in [0.2, 0.25) is 0 Å². The Morgan fingerprint density at radius 3 is 2.02 bits per heavy atom. The van der Waals surface area contributed by atoms with E-state index >= 15 is 0 Å². The number of nitrogens with zero attached hydrogens (tertiary/aromatic N) is 2. The first kappa shape index (κ1) is 29.7. The van der Waals surface area contributed by atoms with Gasteiger partial charge in [-0.15, -0.1) is 0 Å². The van der Waals surface area contributed by atoms with Gasteiger partial charge in [-0.2, -0.15) is 0 Å². The highest BCUT2D eigenvalue weighted by Crippen LogP contribution is 2.66. The predicted molar refractivity (Wildman–Crippen MR) is 167 cm³/mol. The Hall–Kier alpha value is -3.70. The van der Waals surface area contributed by atoms with Gasteiger partial charge in [0.25, 0.3) is 0 Å². The van der Waals surface area contributed by atoms with Crippen LogP contribution >= 0.6 is 0 Å². The van der Waals surface area contributed by atoms with Crippen LogP contribution < -0.4 is 9.47 Å². The summed E-state index contributed by atoms with van der Waals surface area (Å²) in [7, 11) is 2.01. The second-order valence-corrected chi connectivity index (χ2v) is 13.9. The molecule has 9 atom stereocenters. The number of phenols is 2. The minimum absolute atomic E-state index is 0. The van der Waals surface area contributed by atoms with E-state index in [0.717, 1.165) is 42.6 Å². The number of ether oxygens (including phenoxy) is 3. The highest BCUT2D eigenvalue weighted by atomic mass is 16.5. The largest absolute Gasteiger partial charge is 0.504 e. The van der Waals surface area contributed by atoms with Crippen molar-refractivity contribution in [2.24, 2.45) is 0 Å². The van der Waals surface area contributed by atoms with Crippen molar-refractivity contribution >= 4 is 11.6 Å². The molecule has 10 nitrogen and oxygen atoms in total. The maximum absolute atomic E-state index is 12.5. The van der Waals surface area contributed by atoms with Crippen LogP contribution in [0.15, 0.2) is 48.6 Å². The number of aliphatic hydroxyl groups is 1. The molecule has 3 spiro atoms. The van der Waals surface area contributed by atoms with Gasteiger partial charge in [-0.3, -0.25) is 19.4 Å². The number of piperidine rings is 2. The summed E-state index contributed by atoms with van der Waals surface area (Å²) in [6.07, 6.45) is 8.43. The lowest BCUT2D eigenvalue weighted by Crippen LogP contribution is -2.74. The number of ketones is 2. The number of hydrogen-bond donors (Lipinski definition) is 3. The second-order valence-electron chi connectivity index (χ2n) is 13.9. The number of carbonyl (C=O) groups is 2. The fourth-order valence-corrected chi connectivity index (χ4v) is 10.7. The molecule has 0 radical (unpaired) electrons. The SMILES string of the molecule is C.C.CN1CC[C@]23c4c5ccc(O)c4O[C@H]2C(=O)C=C[C@@]3(O)[C@H]1C5.O=C1C=C[C@]23OCN4CC[C@@]25c2c(ccc(O)c2O[C@@H]15)C[C@@H]43. The van der Waals surface area contributed by atoms with Gasteiger partial charge in [0.1, 0.15) is 17.9 Å². The maximum atomic E-state index is 12.5. The summed E-state index contributed by atoms with van der Waals surface area (Å²) in [5.41, 5.74) is 1.26. The quantitative estimate of drug-likeness (QED) is 0.401. The van der Waals surface area contributed by atoms with Gasteiger partial charge >= 0.3 is 0 Å². The summed E-state index contributed by atoms with van der Waals surface area (Å²) < 4.78 is 18.2. The van der Waals surface area contributed by atoms with Crippen LogP contribution in [0.5, 0.6) is 23.0 Å². The van der Waals surface area contributed by atoms with Gasteiger partial charge in [-0.05, 0) is 86.8 Å². The van der Waals surface area contributed by atoms with Gasteiger partial charge in [-0.1, -0.05) is 27.0 Å². The van der Waals surface area contributed by atoms with Crippen molar-refractivity contribution in [3.05, 3.63) is 70.8 Å². The molecule has 5 heterocycles. The lowest BCUT2D eigenvalue weighted by molar-refractivity contribution is -0.151. The Labute approximate surface area is 267 Å². The molecule has 5 aliphatic heterocycles. The highest BCUT2D eigenvalue weighted by Gasteiger charge is 2.75. The fraction of sp³-hybridized carbons (Fsp3) is 0.500. The van der Waals surface area contributed by atoms with E-state index < -0.39 is 34.2 Å². The van der Waals surface area contributed by atoms with E-state index in [-0.39, 0.29) is 50.0 Å². The van der Waals surface area contributed by atoms with Gasteiger partial charge in [-0.25, -0.2) is 0 Å². The maximum Gasteiger partial charge on any atom is 0.196 e. The highest BCUT2D eigenvalue weighted by molar-refractivity contribution is 5.99. The molecule has 6 bridgehead atoms. The smallest absolute Gasteiger partial charge is 0.196 e. The zero-order valence-corrected chi connectivity index (χ0v) is 24.2. The number of hydrogen-bond acceptors (Lipinski definition) is 10. The molecule has 46 heavy (non-hydrogen) atoms. The summed E-state index contributed by atoms with van der Waals surface area (Å²) in [6, 6.07) is 7.36. The average molecular weight is 629 g/mol. The minimum Gasteiger partial charge on any atom is -0.504 e. The van der Waals surface area contributed by atoms with Crippen molar-refractivity contribution < 1.29 is 39.1 Å². The van der Waals surface area contributed by atoms with Crippen LogP contribution in [0, 0.1) is 0 Å². The third-order valence-electron chi connectivity index (χ3n) is 12.6. The number of rotatable bonds is 0. The lowest BCUT2D eigenvalue weighted by Gasteiger charge is -2.60. The Balaban J connectivity index is 0.000000130. The van der Waals surface area contributed by atoms with Crippen molar-refractivity contribution in [3.63, 3.8) is 0 Å². The Morgan fingerprint density at radius 1 is 0.783 bits per heavy atom. The van der Waals surface area contributed by atoms with Crippen LogP contribution in [0.4, 0.5) is 0 Å². The van der Waals surface area contributed by atoms with Crippen molar-refractivity contribution in [2.45, 2.75) is 86.9 Å². The molecule has 3 N–H and O–H groups in total. The Bertz CT molecular complexity index is 1790. The first-order chi connectivity index (χ1) is 21.2. The molecule has 9 aliphatic rings. The topological polar surface area (TPSA) is 129 Å². The molecule has 11 rings (SSSR count). The third-order valence-corrected chi connectivity index (χ3v) is 12.6. The first-order valence-electron chi connectivity index (χ1n) is 15.5. The zero-order valence-electron chi connectivity index (χ0n) is 24.2. The summed E-state index contributed by atoms with van der Waals surface area (Å²) in [5, 5.41) is 32.0. The standard InChI is InChI=1S/C17H15NO4.C17H17NO4.2CH4/c19-10-2-1-9-7-12-17-4-3-11(20)15-16(17,13(9)14(10)22-15)5-6-18(12)8-21-17;1-18-7-6-16-13-9-2-3-10(19)14(13)22-15(16)11(20)4-5-17(16,21)12(18)8-9;;/h1-4,12,15,19H,5-8H2;2-5,12,15,19,21H,6-8H2,1H3;2*1H4/t2*12-,15+,16+,17-;;/m11../s1. The van der Waals surface area contributed by atoms with E-state index in [4.69, 9.17) is 14.2 Å². The molecule has 242 valence electrons. The van der Waals surface area contributed by atoms with E-state index in [9.17, 15) is 24.9 Å². The first-order valence-corrected chi connectivity index (χ1v) is 15.5. The number of carbonyl (C=O) groups excluding carboxylic acids is 2. The summed E-state index contributed by atoms with van der Waals surface area (Å²) in [4.78, 5) is 29.5. The van der Waals surface area contributed by atoms with Crippen LogP contribution in [0.25, 0.3) is 0 Å². The van der Waals surface area contributed by atoms with E-state index in [1.165, 1.54) is 11.6 Å². The van der Waals surface area contributed by atoms with Gasteiger partial charge in [0.05, 0.1) is 10.8 Å². The summed E-state index contributed by atoms with van der Waals surface area (Å²) in [6.45, 7) is 2.30. The number of likely N-dealkylation sites (N-methyl/N-ethyl adjacent to an activating group) is 1. The molecule has 0 aromatic heterocycles. The normalized spacial score (nSPS) is 41.6. The zero-order chi connectivity index (χ0) is 30.0. The molecular weight excluding hydrogens is 588 g/mol. The number of aromatic hydroxyl groups is 2. The van der Waals surface area contributed by atoms with E-state index in [0.29, 0.717) is 31.1 Å². The molecule has 1 unspecified atom stereocenters. The molecule has 10 heteroatoms.